The van der Waals surface area contributed by atoms with Crippen molar-refractivity contribution in [1.82, 2.24) is 20.2 Å². The van der Waals surface area contributed by atoms with Crippen LogP contribution in [0, 0.1) is 18.3 Å². The summed E-state index contributed by atoms with van der Waals surface area (Å²) in [6.07, 6.45) is 0. The first-order chi connectivity index (χ1) is 13.3. The number of nitrogens with two attached hydrogens (primary N) is 2. The molecule has 11 heteroatoms. The third kappa shape index (κ3) is 3.21. The molecule has 0 bridgehead atoms. The summed E-state index contributed by atoms with van der Waals surface area (Å²) >= 11 is 6.21. The van der Waals surface area contributed by atoms with Gasteiger partial charge in [-0.25, -0.2) is 15.5 Å². The fraction of sp³-hybridized carbons (Fsp3) is 0.176. The lowest BCUT2D eigenvalue weighted by Crippen LogP contribution is -2.43. The van der Waals surface area contributed by atoms with Gasteiger partial charge in [0.1, 0.15) is 5.69 Å². The van der Waals surface area contributed by atoms with Gasteiger partial charge in [-0.2, -0.15) is 24.2 Å². The van der Waals surface area contributed by atoms with E-state index >= 15 is 0 Å². The van der Waals surface area contributed by atoms with E-state index in [0.717, 1.165) is 6.07 Å². The molecule has 5 N–H and O–H groups in total. The number of nitrogens with one attached hydrogen (secondary N) is 1. The zero-order chi connectivity index (χ0) is 20.5. The number of hydrazone groups is 1. The van der Waals surface area contributed by atoms with Crippen molar-refractivity contribution in [2.75, 3.05) is 0 Å². The van der Waals surface area contributed by atoms with Crippen molar-refractivity contribution in [3.8, 4) is 6.07 Å². The van der Waals surface area contributed by atoms with Gasteiger partial charge in [-0.3, -0.25) is 0 Å². The molecule has 0 amide bonds. The second-order valence-corrected chi connectivity index (χ2v) is 6.29. The highest BCUT2D eigenvalue weighted by atomic mass is 35.5. The Labute approximate surface area is 163 Å². The molecule has 0 spiro atoms. The molecule has 2 aromatic heterocycles. The quantitative estimate of drug-likeness (QED) is 0.264. The zero-order valence-corrected chi connectivity index (χ0v) is 15.4. The van der Waals surface area contributed by atoms with Gasteiger partial charge in [0, 0.05) is 16.0 Å². The number of nitrogens with zero attached hydrogens (tertiary/aromatic N) is 5. The number of alkyl halides is 2. The maximum absolute atomic E-state index is 14.6. The maximum atomic E-state index is 14.6. The average molecular weight is 405 g/mol. The van der Waals surface area contributed by atoms with Crippen LogP contribution in [0.25, 0.3) is 11.0 Å². The fourth-order valence-electron chi connectivity index (χ4n) is 2.80. The lowest BCUT2D eigenvalue weighted by molar-refractivity contribution is 0.0666. The number of aryl methyl sites for hydroxylation is 1. The molecule has 0 saturated carbocycles. The third-order valence-corrected chi connectivity index (χ3v) is 4.57. The Morgan fingerprint density at radius 3 is 2.79 bits per heavy atom. The van der Waals surface area contributed by atoms with Gasteiger partial charge in [-0.15, -0.1) is 0 Å². The summed E-state index contributed by atoms with van der Waals surface area (Å²) in [4.78, 5) is 4.06. The van der Waals surface area contributed by atoms with Gasteiger partial charge in [0.2, 0.25) is 5.84 Å². The molecule has 0 aliphatic rings. The summed E-state index contributed by atoms with van der Waals surface area (Å²) in [5.74, 6) is 5.49. The van der Waals surface area contributed by atoms with E-state index in [9.17, 15) is 14.0 Å². The highest BCUT2D eigenvalue weighted by molar-refractivity contribution is 6.31. The average Bonchev–Trinajstić information content (AvgIpc) is 2.99. The molecule has 1 aromatic carbocycles. The Hall–Kier alpha value is -3.29. The van der Waals surface area contributed by atoms with Crippen LogP contribution in [0.4, 0.5) is 8.78 Å². The number of pyridine rings is 1. The van der Waals surface area contributed by atoms with E-state index in [1.165, 1.54) is 10.7 Å². The van der Waals surface area contributed by atoms with E-state index in [1.807, 2.05) is 0 Å². The standard InChI is InChI=1S/C17H15ClF2N8/c1-9-11-5-6-14(17(19,20)16(25-22)26-23)24-15(11)28(27-9)8-12-10(7-21)3-2-4-13(12)18/h2-6H,8,22-23H2,1H3,(H,25,26). The van der Waals surface area contributed by atoms with Crippen molar-refractivity contribution >= 4 is 28.5 Å². The van der Waals surface area contributed by atoms with Crippen molar-refractivity contribution < 1.29 is 8.78 Å². The van der Waals surface area contributed by atoms with Crippen LogP contribution >= 0.6 is 11.6 Å². The number of benzene rings is 1. The van der Waals surface area contributed by atoms with Crippen LogP contribution in [0.15, 0.2) is 35.4 Å². The molecule has 2 heterocycles. The minimum absolute atomic E-state index is 0.0852. The first kappa shape index (κ1) is 19.5. The van der Waals surface area contributed by atoms with E-state index in [1.54, 1.807) is 30.5 Å². The minimum atomic E-state index is -3.64. The number of fused-ring (bicyclic) bond motifs is 1. The predicted octanol–water partition coefficient (Wildman–Crippen LogP) is 2.14. The number of halogens is 3. The van der Waals surface area contributed by atoms with Crippen LogP contribution in [-0.2, 0) is 12.5 Å². The first-order valence-electron chi connectivity index (χ1n) is 7.98. The van der Waals surface area contributed by atoms with Crippen molar-refractivity contribution in [1.29, 1.82) is 5.26 Å². The van der Waals surface area contributed by atoms with Gasteiger partial charge in [-0.1, -0.05) is 17.7 Å². The number of hydrazine groups is 1. The van der Waals surface area contributed by atoms with Crippen LogP contribution in [0.3, 0.4) is 0 Å². The van der Waals surface area contributed by atoms with Gasteiger partial charge in [0.15, 0.2) is 5.65 Å². The largest absolute Gasteiger partial charge is 0.349 e. The number of hydrogen-bond donors (Lipinski definition) is 3. The van der Waals surface area contributed by atoms with E-state index < -0.39 is 17.5 Å². The summed E-state index contributed by atoms with van der Waals surface area (Å²) in [6, 6.07) is 9.60. The van der Waals surface area contributed by atoms with E-state index in [0.29, 0.717) is 27.2 Å². The third-order valence-electron chi connectivity index (χ3n) is 4.21. The van der Waals surface area contributed by atoms with Crippen molar-refractivity contribution in [3.63, 3.8) is 0 Å². The van der Waals surface area contributed by atoms with Crippen LogP contribution in [0.1, 0.15) is 22.5 Å². The highest BCUT2D eigenvalue weighted by Gasteiger charge is 2.40. The van der Waals surface area contributed by atoms with Crippen LogP contribution < -0.4 is 17.1 Å². The highest BCUT2D eigenvalue weighted by Crippen LogP contribution is 2.30. The number of nitriles is 1. The second kappa shape index (κ2) is 7.38. The molecule has 3 rings (SSSR count). The number of rotatable bonds is 4. The van der Waals surface area contributed by atoms with E-state index in [4.69, 9.17) is 23.3 Å². The summed E-state index contributed by atoms with van der Waals surface area (Å²) in [5.41, 5.74) is 2.84. The van der Waals surface area contributed by atoms with E-state index in [-0.39, 0.29) is 12.2 Å². The van der Waals surface area contributed by atoms with Gasteiger partial charge >= 0.3 is 5.92 Å². The monoisotopic (exact) mass is 404 g/mol. The Kier molecular flexibility index (Phi) is 5.13. The normalized spacial score (nSPS) is 12.2. The van der Waals surface area contributed by atoms with Crippen LogP contribution in [0.5, 0.6) is 0 Å². The van der Waals surface area contributed by atoms with Crippen molar-refractivity contribution in [3.05, 3.63) is 57.9 Å². The Balaban J connectivity index is 2.15. The van der Waals surface area contributed by atoms with Crippen molar-refractivity contribution in [2.24, 2.45) is 16.8 Å². The molecule has 0 aliphatic carbocycles. The minimum Gasteiger partial charge on any atom is -0.321 e. The Morgan fingerprint density at radius 1 is 1.39 bits per heavy atom. The van der Waals surface area contributed by atoms with Gasteiger partial charge < -0.3 is 11.3 Å². The Bertz CT molecular complexity index is 1120. The molecule has 28 heavy (non-hydrogen) atoms. The lowest BCUT2D eigenvalue weighted by Gasteiger charge is -2.17. The summed E-state index contributed by atoms with van der Waals surface area (Å²) < 4.78 is 30.6. The van der Waals surface area contributed by atoms with Gasteiger partial charge in [0.25, 0.3) is 0 Å². The van der Waals surface area contributed by atoms with Crippen molar-refractivity contribution in [2.45, 2.75) is 19.4 Å². The Morgan fingerprint density at radius 2 is 2.14 bits per heavy atom. The molecule has 0 saturated heterocycles. The maximum Gasteiger partial charge on any atom is 0.349 e. The van der Waals surface area contributed by atoms with Gasteiger partial charge in [-0.05, 0) is 31.2 Å². The van der Waals surface area contributed by atoms with Gasteiger partial charge in [0.05, 0.1) is 23.9 Å². The molecule has 8 nitrogen and oxygen atoms in total. The smallest absolute Gasteiger partial charge is 0.321 e. The number of aromatic nitrogens is 3. The van der Waals surface area contributed by atoms with Crippen LogP contribution in [0.2, 0.25) is 5.02 Å². The topological polar surface area (TPSA) is 131 Å². The first-order valence-corrected chi connectivity index (χ1v) is 8.36. The molecule has 0 radical (unpaired) electrons. The summed E-state index contributed by atoms with van der Waals surface area (Å²) in [6.45, 7) is 1.81. The summed E-state index contributed by atoms with van der Waals surface area (Å²) in [7, 11) is 0. The molecule has 144 valence electrons. The summed E-state index contributed by atoms with van der Waals surface area (Å²) in [5, 5.41) is 17.6. The molecule has 0 aliphatic heterocycles. The second-order valence-electron chi connectivity index (χ2n) is 5.88. The predicted molar refractivity (Wildman–Crippen MR) is 100 cm³/mol. The molecular weight excluding hydrogens is 390 g/mol. The molecular formula is C17H15ClF2N8. The SMILES string of the molecule is Cc1nn(Cc2c(Cl)cccc2C#N)c2nc(C(F)(F)/C(=N/N)NN)ccc12. The molecule has 0 atom stereocenters. The fourth-order valence-corrected chi connectivity index (χ4v) is 3.03. The lowest BCUT2D eigenvalue weighted by atomic mass is 10.1. The zero-order valence-electron chi connectivity index (χ0n) is 14.6. The molecule has 3 aromatic rings. The van der Waals surface area contributed by atoms with Crippen LogP contribution in [-0.4, -0.2) is 20.6 Å². The molecule has 0 fully saturated rings. The number of amidine groups is 1. The number of hydrogen-bond acceptors (Lipinski definition) is 6. The van der Waals surface area contributed by atoms with E-state index in [2.05, 4.69) is 21.3 Å². The molecule has 0 unspecified atom stereocenters.